The summed E-state index contributed by atoms with van der Waals surface area (Å²) < 4.78 is 0. The van der Waals surface area contributed by atoms with E-state index in [0.29, 0.717) is 11.6 Å². The third-order valence-electron chi connectivity index (χ3n) is 3.82. The first-order valence-corrected chi connectivity index (χ1v) is 8.10. The quantitative estimate of drug-likeness (QED) is 0.591. The van der Waals surface area contributed by atoms with Gasteiger partial charge in [-0.15, -0.1) is 0 Å². The molecule has 0 bridgehead atoms. The molecule has 0 unspecified atom stereocenters. The summed E-state index contributed by atoms with van der Waals surface area (Å²) in [5, 5.41) is 2.70. The van der Waals surface area contributed by atoms with Crippen molar-refractivity contribution in [3.05, 3.63) is 84.9 Å². The minimum Gasteiger partial charge on any atom is -0.324 e. The highest BCUT2D eigenvalue weighted by atomic mass is 16.2. The number of nitrogens with one attached hydrogen (secondary N) is 2. The third kappa shape index (κ3) is 3.34. The zero-order valence-corrected chi connectivity index (χ0v) is 13.8. The van der Waals surface area contributed by atoms with Gasteiger partial charge in [0.15, 0.2) is 0 Å². The Morgan fingerprint density at radius 1 is 0.846 bits per heavy atom. The number of aromatic nitrogens is 4. The van der Waals surface area contributed by atoms with Crippen molar-refractivity contribution < 1.29 is 4.79 Å². The van der Waals surface area contributed by atoms with E-state index in [1.807, 2.05) is 60.7 Å². The van der Waals surface area contributed by atoms with Crippen LogP contribution in [0.3, 0.4) is 0 Å². The molecule has 2 aromatic carbocycles. The van der Waals surface area contributed by atoms with Crippen LogP contribution in [0.5, 0.6) is 0 Å². The Morgan fingerprint density at radius 2 is 1.54 bits per heavy atom. The molecule has 0 saturated carbocycles. The summed E-state index contributed by atoms with van der Waals surface area (Å²) in [5.74, 6) is 0.0170. The third-order valence-corrected chi connectivity index (χ3v) is 3.82. The molecule has 1 amide bonds. The van der Waals surface area contributed by atoms with Crippen molar-refractivity contribution in [2.75, 3.05) is 5.32 Å². The molecule has 4 rings (SSSR count). The van der Waals surface area contributed by atoms with Crippen molar-refractivity contribution in [2.45, 2.75) is 0 Å². The van der Waals surface area contributed by atoms with Gasteiger partial charge < -0.3 is 4.98 Å². The molecule has 2 N–H and O–H groups in total. The lowest BCUT2D eigenvalue weighted by molar-refractivity contribution is 0.101. The maximum absolute atomic E-state index is 12.4. The fourth-order valence-electron chi connectivity index (χ4n) is 2.55. The number of benzene rings is 2. The maximum atomic E-state index is 12.4. The molecule has 0 aliphatic heterocycles. The molecule has 0 spiro atoms. The molecule has 0 saturated heterocycles. The second kappa shape index (κ2) is 6.98. The summed E-state index contributed by atoms with van der Waals surface area (Å²) in [4.78, 5) is 28.1. The van der Waals surface area contributed by atoms with Gasteiger partial charge in [-0.05, 0) is 11.6 Å². The molecule has 0 atom stereocenters. The number of anilines is 1. The Morgan fingerprint density at radius 3 is 2.27 bits per heavy atom. The van der Waals surface area contributed by atoms with Gasteiger partial charge in [-0.1, -0.05) is 60.7 Å². The highest BCUT2D eigenvalue weighted by molar-refractivity contribution is 6.00. The van der Waals surface area contributed by atoms with Gasteiger partial charge in [-0.3, -0.25) is 10.1 Å². The average Bonchev–Trinajstić information content (AvgIpc) is 3.18. The second-order valence-electron chi connectivity index (χ2n) is 5.60. The van der Waals surface area contributed by atoms with Crippen LogP contribution < -0.4 is 5.32 Å². The van der Waals surface area contributed by atoms with E-state index in [9.17, 15) is 4.79 Å². The summed E-state index contributed by atoms with van der Waals surface area (Å²) in [6, 6.07) is 21.2. The van der Waals surface area contributed by atoms with E-state index in [0.717, 1.165) is 16.8 Å². The normalized spacial score (nSPS) is 10.5. The average molecular weight is 341 g/mol. The number of H-pyrrole nitrogens is 1. The van der Waals surface area contributed by atoms with Gasteiger partial charge in [0.25, 0.3) is 5.91 Å². The number of carbonyl (C=O) groups is 1. The second-order valence-corrected chi connectivity index (χ2v) is 5.60. The van der Waals surface area contributed by atoms with E-state index >= 15 is 0 Å². The van der Waals surface area contributed by atoms with Crippen LogP contribution in [0.4, 0.5) is 5.95 Å². The fourth-order valence-corrected chi connectivity index (χ4v) is 2.55. The number of imidazole rings is 1. The molecular weight excluding hydrogens is 326 g/mol. The molecule has 26 heavy (non-hydrogen) atoms. The van der Waals surface area contributed by atoms with Crippen LogP contribution in [-0.4, -0.2) is 25.8 Å². The molecule has 4 aromatic rings. The number of amides is 1. The number of rotatable bonds is 4. The first kappa shape index (κ1) is 15.7. The standard InChI is InChI=1S/C20H15N5O/c26-19(18-21-12-11-16(23-18)14-7-3-1-4-8-14)25-20-22-13-17(24-20)15-9-5-2-6-10-15/h1-13H,(H2,22,24,25,26). The predicted octanol–water partition coefficient (Wildman–Crippen LogP) is 3.79. The summed E-state index contributed by atoms with van der Waals surface area (Å²) in [6.07, 6.45) is 3.24. The van der Waals surface area contributed by atoms with Crippen molar-refractivity contribution in [3.8, 4) is 22.5 Å². The van der Waals surface area contributed by atoms with Gasteiger partial charge in [-0.2, -0.15) is 0 Å². The summed E-state index contributed by atoms with van der Waals surface area (Å²) in [5.41, 5.74) is 3.42. The van der Waals surface area contributed by atoms with Gasteiger partial charge >= 0.3 is 0 Å². The van der Waals surface area contributed by atoms with E-state index in [-0.39, 0.29) is 5.82 Å². The molecular formula is C20H15N5O. The molecule has 0 aliphatic rings. The van der Waals surface area contributed by atoms with Crippen LogP contribution in [0.15, 0.2) is 79.1 Å². The van der Waals surface area contributed by atoms with Gasteiger partial charge in [0.05, 0.1) is 17.6 Å². The Bertz CT molecular complexity index is 1030. The minimum absolute atomic E-state index is 0.0871. The van der Waals surface area contributed by atoms with E-state index in [2.05, 4.69) is 25.3 Å². The topological polar surface area (TPSA) is 83.6 Å². The van der Waals surface area contributed by atoms with E-state index in [1.165, 1.54) is 0 Å². The van der Waals surface area contributed by atoms with Crippen molar-refractivity contribution in [3.63, 3.8) is 0 Å². The number of nitrogens with zero attached hydrogens (tertiary/aromatic N) is 3. The first-order chi connectivity index (χ1) is 12.8. The van der Waals surface area contributed by atoms with Crippen molar-refractivity contribution >= 4 is 11.9 Å². The summed E-state index contributed by atoms with van der Waals surface area (Å²) in [6.45, 7) is 0. The minimum atomic E-state index is -0.420. The Kier molecular flexibility index (Phi) is 4.22. The van der Waals surface area contributed by atoms with E-state index < -0.39 is 5.91 Å². The molecule has 126 valence electrons. The van der Waals surface area contributed by atoms with Gasteiger partial charge in [-0.25, -0.2) is 15.0 Å². The largest absolute Gasteiger partial charge is 0.324 e. The lowest BCUT2D eigenvalue weighted by Crippen LogP contribution is -2.16. The van der Waals surface area contributed by atoms with Crippen molar-refractivity contribution in [1.29, 1.82) is 0 Å². The molecule has 2 heterocycles. The van der Waals surface area contributed by atoms with Crippen LogP contribution in [0.25, 0.3) is 22.5 Å². The van der Waals surface area contributed by atoms with Crippen LogP contribution in [-0.2, 0) is 0 Å². The van der Waals surface area contributed by atoms with Crippen LogP contribution >= 0.6 is 0 Å². The lowest BCUT2D eigenvalue weighted by atomic mass is 10.1. The predicted molar refractivity (Wildman–Crippen MR) is 99.4 cm³/mol. The molecule has 6 nitrogen and oxygen atoms in total. The fraction of sp³-hybridized carbons (Fsp3) is 0. The van der Waals surface area contributed by atoms with Gasteiger partial charge in [0.2, 0.25) is 11.8 Å². The molecule has 0 aliphatic carbocycles. The van der Waals surface area contributed by atoms with Crippen LogP contribution in [0.1, 0.15) is 10.6 Å². The summed E-state index contributed by atoms with van der Waals surface area (Å²) in [7, 11) is 0. The zero-order valence-electron chi connectivity index (χ0n) is 13.8. The van der Waals surface area contributed by atoms with Crippen LogP contribution in [0.2, 0.25) is 0 Å². The van der Waals surface area contributed by atoms with Gasteiger partial charge in [0.1, 0.15) is 0 Å². The summed E-state index contributed by atoms with van der Waals surface area (Å²) >= 11 is 0. The number of hydrogen-bond acceptors (Lipinski definition) is 4. The maximum Gasteiger partial charge on any atom is 0.295 e. The Hall–Kier alpha value is -3.80. The lowest BCUT2D eigenvalue weighted by Gasteiger charge is -2.04. The highest BCUT2D eigenvalue weighted by Crippen LogP contribution is 2.18. The molecule has 6 heteroatoms. The Balaban J connectivity index is 1.53. The first-order valence-electron chi connectivity index (χ1n) is 8.10. The van der Waals surface area contributed by atoms with E-state index in [1.54, 1.807) is 18.5 Å². The Labute approximate surface area is 150 Å². The number of carbonyl (C=O) groups excluding carboxylic acids is 1. The molecule has 0 fully saturated rings. The van der Waals surface area contributed by atoms with Crippen molar-refractivity contribution in [2.24, 2.45) is 0 Å². The molecule has 0 radical (unpaired) electrons. The highest BCUT2D eigenvalue weighted by Gasteiger charge is 2.13. The van der Waals surface area contributed by atoms with E-state index in [4.69, 9.17) is 0 Å². The number of hydrogen-bond donors (Lipinski definition) is 2. The smallest absolute Gasteiger partial charge is 0.295 e. The SMILES string of the molecule is O=C(Nc1ncc(-c2ccccc2)[nH]1)c1nccc(-c2ccccc2)n1. The monoisotopic (exact) mass is 341 g/mol. The zero-order chi connectivity index (χ0) is 17.8. The van der Waals surface area contributed by atoms with Gasteiger partial charge in [0, 0.05) is 11.8 Å². The van der Waals surface area contributed by atoms with Crippen molar-refractivity contribution in [1.82, 2.24) is 19.9 Å². The van der Waals surface area contributed by atoms with Crippen LogP contribution in [0, 0.1) is 0 Å². The number of aromatic amines is 1. The molecule has 2 aromatic heterocycles.